The molecule has 0 spiro atoms. The molecule has 1 heterocycles. The topological polar surface area (TPSA) is 84.9 Å². The second kappa shape index (κ2) is 9.28. The Morgan fingerprint density at radius 3 is 2.81 bits per heavy atom. The lowest BCUT2D eigenvalue weighted by Gasteiger charge is -2.20. The van der Waals surface area contributed by atoms with Gasteiger partial charge in [0.1, 0.15) is 12.3 Å². The fraction of sp³-hybridized carbons (Fsp3) is 0.389. The predicted octanol–water partition coefficient (Wildman–Crippen LogP) is 1.85. The first-order chi connectivity index (χ1) is 12.5. The van der Waals surface area contributed by atoms with Crippen LogP contribution in [0.4, 0.5) is 0 Å². The van der Waals surface area contributed by atoms with Crippen molar-refractivity contribution in [2.45, 2.75) is 19.9 Å². The summed E-state index contributed by atoms with van der Waals surface area (Å²) >= 11 is 1.21. The Balaban J connectivity index is 2.03. The van der Waals surface area contributed by atoms with Gasteiger partial charge in [-0.3, -0.25) is 14.5 Å². The van der Waals surface area contributed by atoms with E-state index in [1.54, 1.807) is 14.0 Å². The molecule has 1 aliphatic heterocycles. The monoisotopic (exact) mass is 378 g/mol. The van der Waals surface area contributed by atoms with Gasteiger partial charge >= 0.3 is 5.97 Å². The second-order valence-corrected chi connectivity index (χ2v) is 6.53. The first kappa shape index (κ1) is 19.8. The van der Waals surface area contributed by atoms with Crippen LogP contribution in [0.1, 0.15) is 25.5 Å². The highest BCUT2D eigenvalue weighted by molar-refractivity contribution is 8.04. The van der Waals surface area contributed by atoms with Gasteiger partial charge in [0.25, 0.3) is 0 Å². The van der Waals surface area contributed by atoms with E-state index in [4.69, 9.17) is 9.47 Å². The van der Waals surface area contributed by atoms with Crippen molar-refractivity contribution in [3.05, 3.63) is 40.9 Å². The molecule has 0 radical (unpaired) electrons. The first-order valence-electron chi connectivity index (χ1n) is 8.20. The van der Waals surface area contributed by atoms with Gasteiger partial charge in [-0.1, -0.05) is 30.0 Å². The summed E-state index contributed by atoms with van der Waals surface area (Å²) < 4.78 is 10.2. The van der Waals surface area contributed by atoms with Crippen LogP contribution in [0.25, 0.3) is 0 Å². The highest BCUT2D eigenvalue weighted by Gasteiger charge is 2.29. The van der Waals surface area contributed by atoms with E-state index in [0.717, 1.165) is 5.56 Å². The van der Waals surface area contributed by atoms with E-state index in [9.17, 15) is 14.4 Å². The van der Waals surface area contributed by atoms with Gasteiger partial charge in [-0.25, -0.2) is 4.79 Å². The number of amides is 2. The number of rotatable bonds is 7. The number of hydrogen-bond donors (Lipinski definition) is 1. The molecular formula is C18H22N2O5S. The van der Waals surface area contributed by atoms with Crippen LogP contribution in [0, 0.1) is 0 Å². The highest BCUT2D eigenvalue weighted by atomic mass is 32.2. The van der Waals surface area contributed by atoms with Crippen LogP contribution in [-0.4, -0.2) is 48.7 Å². The number of thioether (sulfide) groups is 1. The lowest BCUT2D eigenvalue weighted by atomic mass is 10.1. The molecular weight excluding hydrogens is 356 g/mol. The van der Waals surface area contributed by atoms with Crippen LogP contribution in [0.5, 0.6) is 5.75 Å². The van der Waals surface area contributed by atoms with Gasteiger partial charge in [0.15, 0.2) is 0 Å². The van der Waals surface area contributed by atoms with Crippen molar-refractivity contribution >= 4 is 29.5 Å². The summed E-state index contributed by atoms with van der Waals surface area (Å²) in [5, 5.41) is 3.28. The van der Waals surface area contributed by atoms with Crippen molar-refractivity contribution in [3.8, 4) is 5.75 Å². The van der Waals surface area contributed by atoms with Crippen molar-refractivity contribution in [1.29, 1.82) is 0 Å². The fourth-order valence-electron chi connectivity index (χ4n) is 2.52. The minimum atomic E-state index is -0.530. The van der Waals surface area contributed by atoms with E-state index in [0.29, 0.717) is 10.8 Å². The zero-order valence-electron chi connectivity index (χ0n) is 15.0. The predicted molar refractivity (Wildman–Crippen MR) is 98.4 cm³/mol. The molecule has 1 N–H and O–H groups in total. The number of nitrogens with one attached hydrogen (secondary N) is 1. The van der Waals surface area contributed by atoms with Crippen LogP contribution < -0.4 is 10.1 Å². The Hall–Kier alpha value is -2.48. The van der Waals surface area contributed by atoms with Crippen LogP contribution in [0.15, 0.2) is 35.4 Å². The number of esters is 1. The molecule has 1 fully saturated rings. The molecule has 26 heavy (non-hydrogen) atoms. The lowest BCUT2D eigenvalue weighted by Crippen LogP contribution is -2.38. The van der Waals surface area contributed by atoms with Gasteiger partial charge in [-0.05, 0) is 19.9 Å². The van der Waals surface area contributed by atoms with Gasteiger partial charge in [0.05, 0.1) is 36.6 Å². The van der Waals surface area contributed by atoms with Gasteiger partial charge in [-0.15, -0.1) is 0 Å². The molecule has 2 amide bonds. The Morgan fingerprint density at radius 2 is 2.12 bits per heavy atom. The molecule has 1 unspecified atom stereocenters. The fourth-order valence-corrected chi connectivity index (χ4v) is 3.45. The summed E-state index contributed by atoms with van der Waals surface area (Å²) in [5.74, 6) is -0.200. The van der Waals surface area contributed by atoms with Crippen molar-refractivity contribution in [2.24, 2.45) is 0 Å². The molecule has 1 saturated heterocycles. The molecule has 1 aromatic carbocycles. The molecule has 0 aliphatic carbocycles. The Labute approximate surface area is 156 Å². The summed E-state index contributed by atoms with van der Waals surface area (Å²) in [6.07, 6.45) is 1.25. The number of carbonyl (C=O) groups excluding carboxylic acids is 3. The number of methoxy groups -OCH3 is 1. The van der Waals surface area contributed by atoms with Crippen LogP contribution in [0.3, 0.4) is 0 Å². The summed E-state index contributed by atoms with van der Waals surface area (Å²) in [6, 6.07) is 7.11. The van der Waals surface area contributed by atoms with Crippen molar-refractivity contribution in [2.75, 3.05) is 26.0 Å². The zero-order valence-corrected chi connectivity index (χ0v) is 15.8. The molecule has 0 saturated carbocycles. The van der Waals surface area contributed by atoms with Crippen molar-refractivity contribution < 1.29 is 23.9 Å². The molecule has 1 aliphatic rings. The minimum Gasteiger partial charge on any atom is -0.496 e. The highest BCUT2D eigenvalue weighted by Crippen LogP contribution is 2.29. The molecule has 1 aromatic rings. The quantitative estimate of drug-likeness (QED) is 0.576. The zero-order chi connectivity index (χ0) is 19.1. The van der Waals surface area contributed by atoms with Crippen molar-refractivity contribution in [1.82, 2.24) is 10.2 Å². The Bertz CT molecular complexity index is 719. The molecule has 0 aromatic heterocycles. The van der Waals surface area contributed by atoms with E-state index in [2.05, 4.69) is 5.32 Å². The average molecular weight is 378 g/mol. The molecule has 8 heteroatoms. The summed E-state index contributed by atoms with van der Waals surface area (Å²) in [4.78, 5) is 37.3. The molecule has 0 bridgehead atoms. The first-order valence-corrected chi connectivity index (χ1v) is 9.18. The maximum absolute atomic E-state index is 12.4. The third-order valence-electron chi connectivity index (χ3n) is 3.72. The van der Waals surface area contributed by atoms with Gasteiger partial charge in [-0.2, -0.15) is 0 Å². The van der Waals surface area contributed by atoms with Gasteiger partial charge in [0, 0.05) is 5.56 Å². The molecule has 140 valence electrons. The number of nitrogens with zero attached hydrogens (tertiary/aromatic N) is 1. The molecule has 7 nitrogen and oxygen atoms in total. The van der Waals surface area contributed by atoms with E-state index < -0.39 is 5.97 Å². The SMILES string of the molecule is CCOC(=O)/C=C1\SCC(=O)N1CC(=O)NC(C)c1ccccc1OC. The molecule has 1 atom stereocenters. The van der Waals surface area contributed by atoms with Gasteiger partial charge < -0.3 is 14.8 Å². The normalized spacial score (nSPS) is 16.5. The lowest BCUT2D eigenvalue weighted by molar-refractivity contribution is -0.137. The number of ether oxygens (including phenoxy) is 2. The Morgan fingerprint density at radius 1 is 1.38 bits per heavy atom. The van der Waals surface area contributed by atoms with Gasteiger partial charge in [0.2, 0.25) is 11.8 Å². The maximum atomic E-state index is 12.4. The summed E-state index contributed by atoms with van der Waals surface area (Å²) in [6.45, 7) is 3.63. The van der Waals surface area contributed by atoms with E-state index >= 15 is 0 Å². The van der Waals surface area contributed by atoms with Crippen molar-refractivity contribution in [3.63, 3.8) is 0 Å². The standard InChI is InChI=1S/C18H22N2O5S/c1-4-25-18(23)9-17-20(16(22)11-26-17)10-15(21)19-12(2)13-7-5-6-8-14(13)24-3/h5-9,12H,4,10-11H2,1-3H3,(H,19,21)/b17-9-. The largest absolute Gasteiger partial charge is 0.496 e. The minimum absolute atomic E-state index is 0.156. The maximum Gasteiger partial charge on any atom is 0.333 e. The smallest absolute Gasteiger partial charge is 0.333 e. The number of benzene rings is 1. The van der Waals surface area contributed by atoms with E-state index in [1.807, 2.05) is 31.2 Å². The van der Waals surface area contributed by atoms with E-state index in [-0.39, 0.29) is 36.8 Å². The Kier molecular flexibility index (Phi) is 7.08. The van der Waals surface area contributed by atoms with E-state index in [1.165, 1.54) is 22.7 Å². The average Bonchev–Trinajstić information content (AvgIpc) is 2.95. The number of carbonyl (C=O) groups is 3. The third kappa shape index (κ3) is 5.01. The number of para-hydroxylation sites is 1. The summed E-state index contributed by atoms with van der Waals surface area (Å²) in [7, 11) is 1.57. The van der Waals surface area contributed by atoms with Crippen LogP contribution in [0.2, 0.25) is 0 Å². The summed E-state index contributed by atoms with van der Waals surface area (Å²) in [5.41, 5.74) is 0.841. The second-order valence-electron chi connectivity index (χ2n) is 5.53. The molecule has 2 rings (SSSR count). The van der Waals surface area contributed by atoms with Crippen LogP contribution >= 0.6 is 11.8 Å². The number of hydrogen-bond acceptors (Lipinski definition) is 6. The van der Waals surface area contributed by atoms with Crippen LogP contribution in [-0.2, 0) is 19.1 Å². The third-order valence-corrected chi connectivity index (χ3v) is 4.75.